The zero-order chi connectivity index (χ0) is 13.6. The minimum Gasteiger partial charge on any atom is -0.331 e. The molecule has 0 aromatic rings. The Labute approximate surface area is 111 Å². The number of ether oxygens (including phenoxy) is 3. The first-order valence-electron chi connectivity index (χ1n) is 6.63. The Bertz CT molecular complexity index is 343. The lowest BCUT2D eigenvalue weighted by Gasteiger charge is -2.35. The largest absolute Gasteiger partial charge is 0.331 e. The first-order chi connectivity index (χ1) is 9.01. The summed E-state index contributed by atoms with van der Waals surface area (Å²) in [4.78, 5) is 21.0. The van der Waals surface area contributed by atoms with Gasteiger partial charge in [-0.1, -0.05) is 6.42 Å². The van der Waals surface area contributed by atoms with E-state index in [1.807, 2.05) is 0 Å². The highest BCUT2D eigenvalue weighted by Gasteiger charge is 2.65. The predicted octanol–water partition coefficient (Wildman–Crippen LogP) is 1.97. The van der Waals surface area contributed by atoms with Crippen LogP contribution < -0.4 is 0 Å². The molecule has 2 heterocycles. The molecule has 0 radical (unpaired) electrons. The van der Waals surface area contributed by atoms with Crippen molar-refractivity contribution < 1.29 is 33.8 Å². The lowest BCUT2D eigenvalue weighted by molar-refractivity contribution is -0.437. The van der Waals surface area contributed by atoms with Crippen molar-refractivity contribution in [2.45, 2.75) is 69.8 Å². The van der Waals surface area contributed by atoms with Crippen molar-refractivity contribution in [3.63, 3.8) is 0 Å². The number of rotatable bonds is 2. The molecular weight excluding hydrogens is 256 g/mol. The molecule has 7 nitrogen and oxygen atoms in total. The van der Waals surface area contributed by atoms with Crippen LogP contribution in [0, 0.1) is 0 Å². The van der Waals surface area contributed by atoms with Crippen LogP contribution in [0.25, 0.3) is 0 Å². The highest BCUT2D eigenvalue weighted by molar-refractivity contribution is 4.89. The van der Waals surface area contributed by atoms with E-state index in [-0.39, 0.29) is 0 Å². The molecule has 3 rings (SSSR count). The van der Waals surface area contributed by atoms with Gasteiger partial charge in [0.1, 0.15) is 0 Å². The van der Waals surface area contributed by atoms with Crippen LogP contribution in [0.4, 0.5) is 0 Å². The van der Waals surface area contributed by atoms with Crippen LogP contribution >= 0.6 is 0 Å². The van der Waals surface area contributed by atoms with E-state index < -0.39 is 23.8 Å². The van der Waals surface area contributed by atoms with Crippen molar-refractivity contribution in [2.75, 3.05) is 7.11 Å². The van der Waals surface area contributed by atoms with E-state index in [0.29, 0.717) is 0 Å². The first-order valence-corrected chi connectivity index (χ1v) is 6.63. The monoisotopic (exact) mass is 276 g/mol. The van der Waals surface area contributed by atoms with Crippen molar-refractivity contribution in [3.05, 3.63) is 0 Å². The van der Waals surface area contributed by atoms with Gasteiger partial charge in [-0.15, -0.1) is 0 Å². The third-order valence-electron chi connectivity index (χ3n) is 3.97. The van der Waals surface area contributed by atoms with Crippen LogP contribution in [-0.2, 0) is 33.8 Å². The van der Waals surface area contributed by atoms with E-state index in [2.05, 4.69) is 0 Å². The van der Waals surface area contributed by atoms with Crippen LogP contribution in [0.3, 0.4) is 0 Å². The molecule has 0 amide bonds. The van der Waals surface area contributed by atoms with Crippen molar-refractivity contribution in [1.82, 2.24) is 0 Å². The predicted molar refractivity (Wildman–Crippen MR) is 59.9 cm³/mol. The topological polar surface area (TPSA) is 64.6 Å². The van der Waals surface area contributed by atoms with Crippen LogP contribution in [0.1, 0.15) is 46.0 Å². The minimum absolute atomic E-state index is 0.701. The highest BCUT2D eigenvalue weighted by Crippen LogP contribution is 2.49. The summed E-state index contributed by atoms with van der Waals surface area (Å²) in [7, 11) is 1.46. The quantitative estimate of drug-likeness (QED) is 0.714. The van der Waals surface area contributed by atoms with E-state index in [1.165, 1.54) is 13.5 Å². The van der Waals surface area contributed by atoms with Gasteiger partial charge in [0, 0.05) is 20.0 Å². The summed E-state index contributed by atoms with van der Waals surface area (Å²) >= 11 is 0. The molecule has 19 heavy (non-hydrogen) atoms. The Morgan fingerprint density at radius 2 is 1.68 bits per heavy atom. The summed E-state index contributed by atoms with van der Waals surface area (Å²) in [5.74, 6) is -3.17. The molecule has 2 saturated heterocycles. The van der Waals surface area contributed by atoms with Gasteiger partial charge in [0.25, 0.3) is 11.6 Å². The molecule has 3 unspecified atom stereocenters. The normalized spacial score (nSPS) is 45.9. The van der Waals surface area contributed by atoms with Gasteiger partial charge in [-0.2, -0.15) is 19.6 Å². The third-order valence-corrected chi connectivity index (χ3v) is 3.97. The Balaban J connectivity index is 1.74. The second kappa shape index (κ2) is 4.63. The molecule has 3 atom stereocenters. The van der Waals surface area contributed by atoms with Gasteiger partial charge in [0.2, 0.25) is 5.79 Å². The Morgan fingerprint density at radius 1 is 0.947 bits per heavy atom. The van der Waals surface area contributed by atoms with Crippen LogP contribution in [-0.4, -0.2) is 30.9 Å². The Hall–Kier alpha value is -0.280. The van der Waals surface area contributed by atoms with Gasteiger partial charge in [0.05, 0.1) is 0 Å². The van der Waals surface area contributed by atoms with Crippen LogP contribution in [0.15, 0.2) is 0 Å². The van der Waals surface area contributed by atoms with Gasteiger partial charge in [-0.25, -0.2) is 0 Å². The summed E-state index contributed by atoms with van der Waals surface area (Å²) in [5, 5.41) is 0. The average Bonchev–Trinajstić information content (AvgIpc) is 2.95. The maximum atomic E-state index is 6.03. The third kappa shape index (κ3) is 2.19. The zero-order valence-electron chi connectivity index (χ0n) is 11.5. The van der Waals surface area contributed by atoms with Crippen molar-refractivity contribution in [3.8, 4) is 0 Å². The molecule has 1 spiro atoms. The number of hydrogen-bond acceptors (Lipinski definition) is 7. The molecule has 1 saturated carbocycles. The molecule has 110 valence electrons. The maximum Gasteiger partial charge on any atom is 0.303 e. The summed E-state index contributed by atoms with van der Waals surface area (Å²) < 4.78 is 16.5. The molecule has 0 N–H and O–H groups in total. The molecule has 0 aromatic heterocycles. The Kier molecular flexibility index (Phi) is 3.33. The summed E-state index contributed by atoms with van der Waals surface area (Å²) in [5.41, 5.74) is 0. The van der Waals surface area contributed by atoms with Gasteiger partial charge in [-0.3, -0.25) is 4.74 Å². The molecule has 0 aromatic carbocycles. The summed E-state index contributed by atoms with van der Waals surface area (Å²) in [6.45, 7) is 2.46. The lowest BCUT2D eigenvalue weighted by atomic mass is 9.94. The second-order valence-corrected chi connectivity index (χ2v) is 5.45. The molecule has 3 fully saturated rings. The fourth-order valence-corrected chi connectivity index (χ4v) is 2.61. The van der Waals surface area contributed by atoms with Gasteiger partial charge < -0.3 is 9.47 Å². The van der Waals surface area contributed by atoms with E-state index >= 15 is 0 Å². The number of hydrogen-bond donors (Lipinski definition) is 0. The fraction of sp³-hybridized carbons (Fsp3) is 1.00. The fourth-order valence-electron chi connectivity index (χ4n) is 2.61. The average molecular weight is 276 g/mol. The Morgan fingerprint density at radius 3 is 2.32 bits per heavy atom. The van der Waals surface area contributed by atoms with Crippen LogP contribution in [0.5, 0.6) is 0 Å². The lowest BCUT2D eigenvalue weighted by Crippen LogP contribution is -2.53. The smallest absolute Gasteiger partial charge is 0.303 e. The van der Waals surface area contributed by atoms with Gasteiger partial charge >= 0.3 is 6.48 Å². The first kappa shape index (κ1) is 13.7. The van der Waals surface area contributed by atoms with Gasteiger partial charge in [0.15, 0.2) is 0 Å². The zero-order valence-corrected chi connectivity index (χ0v) is 11.5. The van der Waals surface area contributed by atoms with E-state index in [4.69, 9.17) is 33.8 Å². The maximum absolute atomic E-state index is 6.03. The van der Waals surface area contributed by atoms with Crippen molar-refractivity contribution in [1.29, 1.82) is 0 Å². The molecule has 2 aliphatic heterocycles. The SMILES string of the molecule is COC1OOC(C)(C2(C)OOC3(CCCCC3)O2)O1. The standard InChI is InChI=1S/C12H20O7/c1-10(14-9(13-3)15-17-10)11(2)16-12(19-18-11)7-5-4-6-8-12/h9H,4-8H2,1-3H3. The second-order valence-electron chi connectivity index (χ2n) is 5.45. The van der Waals surface area contributed by atoms with Gasteiger partial charge in [-0.05, 0) is 26.7 Å². The van der Waals surface area contributed by atoms with E-state index in [0.717, 1.165) is 25.7 Å². The van der Waals surface area contributed by atoms with Crippen LogP contribution in [0.2, 0.25) is 0 Å². The van der Waals surface area contributed by atoms with E-state index in [1.54, 1.807) is 13.8 Å². The van der Waals surface area contributed by atoms with E-state index in [9.17, 15) is 0 Å². The van der Waals surface area contributed by atoms with Crippen molar-refractivity contribution >= 4 is 0 Å². The number of methoxy groups -OCH3 is 1. The molecular formula is C12H20O7. The molecule has 3 aliphatic rings. The highest BCUT2D eigenvalue weighted by atomic mass is 17.4. The molecule has 0 bridgehead atoms. The minimum atomic E-state index is -1.26. The summed E-state index contributed by atoms with van der Waals surface area (Å²) in [6, 6.07) is 0. The summed E-state index contributed by atoms with van der Waals surface area (Å²) in [6.07, 6.45) is 4.88. The van der Waals surface area contributed by atoms with Crippen molar-refractivity contribution in [2.24, 2.45) is 0 Å². The molecule has 1 aliphatic carbocycles. The molecule has 7 heteroatoms.